The zero-order valence-corrected chi connectivity index (χ0v) is 14.8. The summed E-state index contributed by atoms with van der Waals surface area (Å²) < 4.78 is 7.38. The number of carbonyl (C=O) groups is 1. The molecule has 1 amide bonds. The van der Waals surface area contributed by atoms with Crippen LogP contribution in [0, 0.1) is 0 Å². The van der Waals surface area contributed by atoms with E-state index in [1.165, 1.54) is 5.39 Å². The highest BCUT2D eigenvalue weighted by Gasteiger charge is 2.27. The molecule has 3 aromatic rings. The average molecular weight is 350 g/mol. The van der Waals surface area contributed by atoms with Gasteiger partial charge in [-0.1, -0.05) is 35.5 Å². The van der Waals surface area contributed by atoms with Crippen LogP contribution in [0.5, 0.6) is 5.75 Å². The number of aryl methyl sites for hydroxylation is 1. The number of methoxy groups -OCH3 is 1. The van der Waals surface area contributed by atoms with Crippen molar-refractivity contribution in [3.63, 3.8) is 0 Å². The van der Waals surface area contributed by atoms with Crippen molar-refractivity contribution in [3.05, 3.63) is 54.4 Å². The van der Waals surface area contributed by atoms with Gasteiger partial charge in [-0.3, -0.25) is 4.79 Å². The number of aromatic nitrogens is 3. The van der Waals surface area contributed by atoms with Crippen molar-refractivity contribution in [3.8, 4) is 5.75 Å². The van der Waals surface area contributed by atoms with Crippen molar-refractivity contribution in [2.75, 3.05) is 20.2 Å². The van der Waals surface area contributed by atoms with Crippen LogP contribution < -0.4 is 4.74 Å². The van der Waals surface area contributed by atoms with E-state index in [1.807, 2.05) is 34.0 Å². The van der Waals surface area contributed by atoms with Crippen molar-refractivity contribution in [2.45, 2.75) is 25.3 Å². The lowest BCUT2D eigenvalue weighted by atomic mass is 9.99. The molecule has 6 heteroatoms. The number of carbonyl (C=O) groups excluding carboxylic acids is 1. The van der Waals surface area contributed by atoms with Gasteiger partial charge in [-0.15, -0.1) is 5.10 Å². The monoisotopic (exact) mass is 350 g/mol. The van der Waals surface area contributed by atoms with Gasteiger partial charge in [0, 0.05) is 31.3 Å². The Hall–Kier alpha value is -2.89. The predicted octanol–water partition coefficient (Wildman–Crippen LogP) is 2.85. The van der Waals surface area contributed by atoms with Crippen molar-refractivity contribution in [1.82, 2.24) is 19.9 Å². The maximum Gasteiger partial charge on any atom is 0.222 e. The number of hydrogen-bond donors (Lipinski definition) is 0. The van der Waals surface area contributed by atoms with Crippen LogP contribution in [0.2, 0.25) is 0 Å². The lowest BCUT2D eigenvalue weighted by Crippen LogP contribution is -2.29. The van der Waals surface area contributed by atoms with Crippen molar-refractivity contribution >= 4 is 16.7 Å². The summed E-state index contributed by atoms with van der Waals surface area (Å²) in [6.45, 7) is 1.48. The molecule has 1 aliphatic heterocycles. The zero-order chi connectivity index (χ0) is 17.9. The second-order valence-corrected chi connectivity index (χ2v) is 6.63. The molecule has 1 atom stereocenters. The highest BCUT2D eigenvalue weighted by atomic mass is 16.5. The van der Waals surface area contributed by atoms with Crippen molar-refractivity contribution < 1.29 is 9.53 Å². The van der Waals surface area contributed by atoms with Crippen LogP contribution in [0.3, 0.4) is 0 Å². The van der Waals surface area contributed by atoms with Crippen LogP contribution in [0.15, 0.2) is 48.8 Å². The summed E-state index contributed by atoms with van der Waals surface area (Å²) in [5.41, 5.74) is 1.10. The lowest BCUT2D eigenvalue weighted by molar-refractivity contribution is -0.130. The second-order valence-electron chi connectivity index (χ2n) is 6.63. The van der Waals surface area contributed by atoms with E-state index in [1.54, 1.807) is 13.3 Å². The first-order chi connectivity index (χ1) is 12.8. The summed E-state index contributed by atoms with van der Waals surface area (Å²) in [7, 11) is 1.68. The van der Waals surface area contributed by atoms with Gasteiger partial charge < -0.3 is 9.64 Å². The number of amides is 1. The van der Waals surface area contributed by atoms with E-state index >= 15 is 0 Å². The van der Waals surface area contributed by atoms with E-state index in [9.17, 15) is 4.79 Å². The molecule has 1 aliphatic rings. The smallest absolute Gasteiger partial charge is 0.222 e. The SMILES string of the molecule is COc1ccc2ccccc2c1CCC(=O)N1CCC(n2ccnn2)C1. The van der Waals surface area contributed by atoms with Crippen molar-refractivity contribution in [2.24, 2.45) is 0 Å². The van der Waals surface area contributed by atoms with Gasteiger partial charge in [0.05, 0.1) is 19.3 Å². The molecule has 0 N–H and O–H groups in total. The molecule has 0 aliphatic carbocycles. The number of likely N-dealkylation sites (tertiary alicyclic amines) is 1. The minimum Gasteiger partial charge on any atom is -0.496 e. The van der Waals surface area contributed by atoms with Crippen molar-refractivity contribution in [1.29, 1.82) is 0 Å². The molecule has 0 saturated carbocycles. The second kappa shape index (κ2) is 7.15. The van der Waals surface area contributed by atoms with Crippen LogP contribution in [0.4, 0.5) is 0 Å². The Kier molecular flexibility index (Phi) is 4.56. The van der Waals surface area contributed by atoms with Crippen LogP contribution >= 0.6 is 0 Å². The molecule has 4 rings (SSSR count). The third-order valence-corrected chi connectivity index (χ3v) is 5.14. The lowest BCUT2D eigenvalue weighted by Gasteiger charge is -2.17. The quantitative estimate of drug-likeness (QED) is 0.710. The highest BCUT2D eigenvalue weighted by Crippen LogP contribution is 2.29. The van der Waals surface area contributed by atoms with E-state index in [2.05, 4.69) is 28.5 Å². The molecule has 26 heavy (non-hydrogen) atoms. The number of nitrogens with zero attached hydrogens (tertiary/aromatic N) is 4. The molecule has 1 unspecified atom stereocenters. The summed E-state index contributed by atoms with van der Waals surface area (Å²) in [5, 5.41) is 10.2. The van der Waals surface area contributed by atoms with E-state index in [4.69, 9.17) is 4.74 Å². The minimum atomic E-state index is 0.183. The molecule has 2 heterocycles. The van der Waals surface area contributed by atoms with Gasteiger partial charge in [-0.25, -0.2) is 4.68 Å². The Morgan fingerprint density at radius 3 is 2.96 bits per heavy atom. The Bertz CT molecular complexity index is 907. The summed E-state index contributed by atoms with van der Waals surface area (Å²) >= 11 is 0. The maximum atomic E-state index is 12.7. The molecule has 2 aromatic carbocycles. The Morgan fingerprint density at radius 2 is 2.15 bits per heavy atom. The average Bonchev–Trinajstić information content (AvgIpc) is 3.37. The fraction of sp³-hybridized carbons (Fsp3) is 0.350. The van der Waals surface area contributed by atoms with Gasteiger partial charge in [0.15, 0.2) is 0 Å². The zero-order valence-electron chi connectivity index (χ0n) is 14.8. The van der Waals surface area contributed by atoms with Gasteiger partial charge in [0.1, 0.15) is 5.75 Å². The van der Waals surface area contributed by atoms with E-state index in [0.717, 1.165) is 29.7 Å². The van der Waals surface area contributed by atoms with E-state index in [-0.39, 0.29) is 11.9 Å². The van der Waals surface area contributed by atoms with Crippen LogP contribution in [0.25, 0.3) is 10.8 Å². The molecule has 1 aromatic heterocycles. The number of ether oxygens (including phenoxy) is 1. The maximum absolute atomic E-state index is 12.7. The fourth-order valence-electron chi connectivity index (χ4n) is 3.75. The van der Waals surface area contributed by atoms with Gasteiger partial charge in [0.25, 0.3) is 0 Å². The predicted molar refractivity (Wildman–Crippen MR) is 99.1 cm³/mol. The summed E-state index contributed by atoms with van der Waals surface area (Å²) in [4.78, 5) is 14.6. The molecule has 0 bridgehead atoms. The molecule has 1 fully saturated rings. The first kappa shape index (κ1) is 16.6. The van der Waals surface area contributed by atoms with Crippen LogP contribution in [-0.4, -0.2) is 46.0 Å². The third-order valence-electron chi connectivity index (χ3n) is 5.14. The Morgan fingerprint density at radius 1 is 1.27 bits per heavy atom. The molecule has 1 saturated heterocycles. The summed E-state index contributed by atoms with van der Waals surface area (Å²) in [5.74, 6) is 1.03. The number of benzene rings is 2. The first-order valence-electron chi connectivity index (χ1n) is 8.94. The van der Waals surface area contributed by atoms with Gasteiger partial charge in [-0.2, -0.15) is 0 Å². The molecule has 134 valence electrons. The summed E-state index contributed by atoms with van der Waals surface area (Å²) in [6.07, 6.45) is 5.62. The normalized spacial score (nSPS) is 17.0. The van der Waals surface area contributed by atoms with Crippen LogP contribution in [-0.2, 0) is 11.2 Å². The molecule has 6 nitrogen and oxygen atoms in total. The molecule has 0 radical (unpaired) electrons. The Balaban J connectivity index is 1.46. The molecule has 0 spiro atoms. The van der Waals surface area contributed by atoms with E-state index < -0.39 is 0 Å². The highest BCUT2D eigenvalue weighted by molar-refractivity contribution is 5.88. The van der Waals surface area contributed by atoms with Crippen LogP contribution in [0.1, 0.15) is 24.4 Å². The topological polar surface area (TPSA) is 60.2 Å². The first-order valence-corrected chi connectivity index (χ1v) is 8.94. The van der Waals surface area contributed by atoms with Gasteiger partial charge in [-0.05, 0) is 29.7 Å². The number of fused-ring (bicyclic) bond motifs is 1. The Labute approximate surface area is 152 Å². The van der Waals surface area contributed by atoms with Gasteiger partial charge in [0.2, 0.25) is 5.91 Å². The van der Waals surface area contributed by atoms with E-state index in [0.29, 0.717) is 19.4 Å². The summed E-state index contributed by atoms with van der Waals surface area (Å²) in [6, 6.07) is 12.5. The third kappa shape index (κ3) is 3.14. The fourth-order valence-corrected chi connectivity index (χ4v) is 3.75. The van der Waals surface area contributed by atoms with Gasteiger partial charge >= 0.3 is 0 Å². The molecular weight excluding hydrogens is 328 g/mol. The number of rotatable bonds is 5. The standard InChI is InChI=1S/C20H22N4O2/c1-26-19-8-6-15-4-2-3-5-17(15)18(19)7-9-20(25)23-12-10-16(14-23)24-13-11-21-22-24/h2-6,8,11,13,16H,7,9-10,12,14H2,1H3. The number of hydrogen-bond acceptors (Lipinski definition) is 4. The largest absolute Gasteiger partial charge is 0.496 e. The molecular formula is C20H22N4O2. The minimum absolute atomic E-state index is 0.183.